The Balaban J connectivity index is 2.15. The zero-order valence-corrected chi connectivity index (χ0v) is 7.10. The summed E-state index contributed by atoms with van der Waals surface area (Å²) in [5.74, 6) is 0.536. The van der Waals surface area contributed by atoms with Gasteiger partial charge in [-0.2, -0.15) is 0 Å². The van der Waals surface area contributed by atoms with Crippen LogP contribution in [-0.2, 0) is 0 Å². The zero-order valence-electron chi connectivity index (χ0n) is 7.10. The SMILES string of the molecule is NCC(NCC(F)F)C1CCC1. The van der Waals surface area contributed by atoms with Crippen molar-refractivity contribution >= 4 is 0 Å². The molecule has 1 rings (SSSR count). The fraction of sp³-hybridized carbons (Fsp3) is 1.00. The minimum atomic E-state index is -2.26. The number of hydrogen-bond acceptors (Lipinski definition) is 2. The molecule has 72 valence electrons. The van der Waals surface area contributed by atoms with Crippen LogP contribution < -0.4 is 11.1 Å². The first-order chi connectivity index (χ1) is 5.74. The average molecular weight is 178 g/mol. The van der Waals surface area contributed by atoms with Crippen molar-refractivity contribution in [3.8, 4) is 0 Å². The van der Waals surface area contributed by atoms with Gasteiger partial charge in [0.1, 0.15) is 0 Å². The van der Waals surface area contributed by atoms with Crippen LogP contribution in [0.25, 0.3) is 0 Å². The van der Waals surface area contributed by atoms with Crippen molar-refractivity contribution in [3.63, 3.8) is 0 Å². The van der Waals surface area contributed by atoms with E-state index < -0.39 is 6.43 Å². The highest BCUT2D eigenvalue weighted by Gasteiger charge is 2.26. The van der Waals surface area contributed by atoms with Crippen molar-refractivity contribution in [3.05, 3.63) is 0 Å². The number of nitrogens with one attached hydrogen (secondary N) is 1. The van der Waals surface area contributed by atoms with Gasteiger partial charge in [0.2, 0.25) is 0 Å². The molecule has 0 radical (unpaired) electrons. The molecule has 0 aromatic rings. The molecular weight excluding hydrogens is 162 g/mol. The topological polar surface area (TPSA) is 38.0 Å². The molecule has 3 N–H and O–H groups in total. The molecule has 4 heteroatoms. The predicted molar refractivity (Wildman–Crippen MR) is 44.2 cm³/mol. The van der Waals surface area contributed by atoms with E-state index in [1.165, 1.54) is 6.42 Å². The number of nitrogens with two attached hydrogens (primary N) is 1. The van der Waals surface area contributed by atoms with Gasteiger partial charge in [-0.15, -0.1) is 0 Å². The molecule has 0 spiro atoms. The average Bonchev–Trinajstić information content (AvgIpc) is 1.93. The maximum absolute atomic E-state index is 11.8. The highest BCUT2D eigenvalue weighted by molar-refractivity contribution is 4.83. The zero-order chi connectivity index (χ0) is 8.97. The summed E-state index contributed by atoms with van der Waals surface area (Å²) >= 11 is 0. The summed E-state index contributed by atoms with van der Waals surface area (Å²) < 4.78 is 23.6. The van der Waals surface area contributed by atoms with E-state index in [2.05, 4.69) is 5.32 Å². The first kappa shape index (κ1) is 9.86. The molecule has 0 saturated heterocycles. The fourth-order valence-electron chi connectivity index (χ4n) is 1.53. The van der Waals surface area contributed by atoms with Crippen LogP contribution in [0.5, 0.6) is 0 Å². The summed E-state index contributed by atoms with van der Waals surface area (Å²) in [6.07, 6.45) is 1.23. The molecule has 0 aromatic carbocycles. The third-order valence-electron chi connectivity index (χ3n) is 2.51. The van der Waals surface area contributed by atoms with Crippen LogP contribution in [0.1, 0.15) is 19.3 Å². The van der Waals surface area contributed by atoms with E-state index in [0.717, 1.165) is 12.8 Å². The highest BCUT2D eigenvalue weighted by Crippen LogP contribution is 2.29. The Morgan fingerprint density at radius 3 is 2.42 bits per heavy atom. The van der Waals surface area contributed by atoms with Crippen LogP contribution in [0.2, 0.25) is 0 Å². The second kappa shape index (κ2) is 4.72. The van der Waals surface area contributed by atoms with Gasteiger partial charge in [-0.1, -0.05) is 6.42 Å². The molecular formula is C8H16F2N2. The van der Waals surface area contributed by atoms with Gasteiger partial charge in [0.15, 0.2) is 0 Å². The second-order valence-electron chi connectivity index (χ2n) is 3.33. The third-order valence-corrected chi connectivity index (χ3v) is 2.51. The van der Waals surface area contributed by atoms with E-state index >= 15 is 0 Å². The van der Waals surface area contributed by atoms with Crippen LogP contribution in [0.4, 0.5) is 8.78 Å². The van der Waals surface area contributed by atoms with Crippen LogP contribution in [-0.4, -0.2) is 25.6 Å². The first-order valence-electron chi connectivity index (χ1n) is 4.45. The van der Waals surface area contributed by atoms with Crippen molar-refractivity contribution in [2.45, 2.75) is 31.7 Å². The van der Waals surface area contributed by atoms with Gasteiger partial charge in [-0.05, 0) is 18.8 Å². The molecule has 0 heterocycles. The van der Waals surface area contributed by atoms with Crippen LogP contribution in [0.15, 0.2) is 0 Å². The Bertz CT molecular complexity index is 126. The number of halogens is 2. The minimum Gasteiger partial charge on any atom is -0.329 e. The smallest absolute Gasteiger partial charge is 0.250 e. The normalized spacial score (nSPS) is 21.0. The minimum absolute atomic E-state index is 0.104. The Morgan fingerprint density at radius 1 is 1.42 bits per heavy atom. The first-order valence-corrected chi connectivity index (χ1v) is 4.45. The Labute approximate surface area is 71.5 Å². The Kier molecular flexibility index (Phi) is 3.88. The van der Waals surface area contributed by atoms with Crippen molar-refractivity contribution in [2.24, 2.45) is 11.7 Å². The Morgan fingerprint density at radius 2 is 2.08 bits per heavy atom. The lowest BCUT2D eigenvalue weighted by Gasteiger charge is -2.33. The van der Waals surface area contributed by atoms with Crippen molar-refractivity contribution in [2.75, 3.05) is 13.1 Å². The van der Waals surface area contributed by atoms with E-state index in [9.17, 15) is 8.78 Å². The van der Waals surface area contributed by atoms with E-state index in [4.69, 9.17) is 5.73 Å². The summed E-state index contributed by atoms with van der Waals surface area (Å²) in [5.41, 5.74) is 5.46. The molecule has 0 aliphatic heterocycles. The number of alkyl halides is 2. The highest BCUT2D eigenvalue weighted by atomic mass is 19.3. The summed E-state index contributed by atoms with van der Waals surface area (Å²) in [6, 6.07) is 0.104. The molecule has 1 aliphatic rings. The maximum atomic E-state index is 11.8. The molecule has 0 amide bonds. The van der Waals surface area contributed by atoms with E-state index in [0.29, 0.717) is 12.5 Å². The third kappa shape index (κ3) is 2.68. The Hall–Kier alpha value is -0.220. The molecule has 1 unspecified atom stereocenters. The van der Waals surface area contributed by atoms with E-state index in [1.807, 2.05) is 0 Å². The van der Waals surface area contributed by atoms with Gasteiger partial charge in [-0.3, -0.25) is 0 Å². The lowest BCUT2D eigenvalue weighted by molar-refractivity contribution is 0.128. The lowest BCUT2D eigenvalue weighted by Crippen LogP contribution is -2.46. The van der Waals surface area contributed by atoms with Crippen molar-refractivity contribution < 1.29 is 8.78 Å². The standard InChI is InChI=1S/C8H16F2N2/c9-8(10)5-12-7(4-11)6-2-1-3-6/h6-8,12H,1-5,11H2. The van der Waals surface area contributed by atoms with Crippen molar-refractivity contribution in [1.82, 2.24) is 5.32 Å². The predicted octanol–water partition coefficient (Wildman–Crippen LogP) is 0.968. The van der Waals surface area contributed by atoms with Gasteiger partial charge >= 0.3 is 0 Å². The quantitative estimate of drug-likeness (QED) is 0.658. The van der Waals surface area contributed by atoms with E-state index in [-0.39, 0.29) is 12.6 Å². The van der Waals surface area contributed by atoms with Gasteiger partial charge in [0, 0.05) is 12.6 Å². The number of rotatable bonds is 5. The molecule has 2 nitrogen and oxygen atoms in total. The van der Waals surface area contributed by atoms with Gasteiger partial charge in [-0.25, -0.2) is 8.78 Å². The maximum Gasteiger partial charge on any atom is 0.250 e. The summed E-state index contributed by atoms with van der Waals surface area (Å²) in [4.78, 5) is 0. The summed E-state index contributed by atoms with van der Waals surface area (Å²) in [7, 11) is 0. The monoisotopic (exact) mass is 178 g/mol. The summed E-state index contributed by atoms with van der Waals surface area (Å²) in [6.45, 7) is 0.246. The fourth-order valence-corrected chi connectivity index (χ4v) is 1.53. The number of hydrogen-bond donors (Lipinski definition) is 2. The molecule has 1 atom stereocenters. The van der Waals surface area contributed by atoms with E-state index in [1.54, 1.807) is 0 Å². The van der Waals surface area contributed by atoms with Gasteiger partial charge in [0.05, 0.1) is 6.54 Å². The van der Waals surface area contributed by atoms with Crippen LogP contribution in [0, 0.1) is 5.92 Å². The molecule has 1 aliphatic carbocycles. The van der Waals surface area contributed by atoms with Gasteiger partial charge < -0.3 is 11.1 Å². The molecule has 1 fully saturated rings. The second-order valence-corrected chi connectivity index (χ2v) is 3.33. The lowest BCUT2D eigenvalue weighted by atomic mass is 9.80. The molecule has 0 aromatic heterocycles. The molecule has 1 saturated carbocycles. The molecule has 12 heavy (non-hydrogen) atoms. The summed E-state index contributed by atoms with van der Waals surface area (Å²) in [5, 5.41) is 2.80. The van der Waals surface area contributed by atoms with Gasteiger partial charge in [0.25, 0.3) is 6.43 Å². The molecule has 0 bridgehead atoms. The van der Waals surface area contributed by atoms with Crippen molar-refractivity contribution in [1.29, 1.82) is 0 Å². The van der Waals surface area contributed by atoms with Crippen LogP contribution >= 0.6 is 0 Å². The van der Waals surface area contributed by atoms with Crippen LogP contribution in [0.3, 0.4) is 0 Å². The largest absolute Gasteiger partial charge is 0.329 e.